The number of carbonyl (C=O) groups is 2. The Morgan fingerprint density at radius 3 is 2.43 bits per heavy atom. The van der Waals surface area contributed by atoms with Gasteiger partial charge in [-0.2, -0.15) is 5.26 Å². The Hall–Kier alpha value is -1.57. The van der Waals surface area contributed by atoms with Crippen molar-refractivity contribution in [3.8, 4) is 6.07 Å². The van der Waals surface area contributed by atoms with Crippen molar-refractivity contribution in [1.82, 2.24) is 0 Å². The molecule has 0 radical (unpaired) electrons. The van der Waals surface area contributed by atoms with E-state index in [-0.39, 0.29) is 31.1 Å². The van der Waals surface area contributed by atoms with E-state index < -0.39 is 5.97 Å². The minimum absolute atomic E-state index is 0.0423. The number of aliphatic carboxylic acids is 1. The molecule has 1 unspecified atom stereocenters. The summed E-state index contributed by atoms with van der Waals surface area (Å²) in [6.07, 6.45) is 0.757. The molecule has 0 aromatic rings. The van der Waals surface area contributed by atoms with Gasteiger partial charge in [-0.15, -0.1) is 0 Å². The fourth-order valence-corrected chi connectivity index (χ4v) is 0.965. The van der Waals surface area contributed by atoms with Gasteiger partial charge in [0.25, 0.3) is 0 Å². The number of hydrogen-bond acceptors (Lipinski definition) is 4. The second kappa shape index (κ2) is 6.89. The molecular weight excluding hydrogens is 186 g/mol. The highest BCUT2D eigenvalue weighted by Crippen LogP contribution is 2.12. The Kier molecular flexibility index (Phi) is 6.12. The summed E-state index contributed by atoms with van der Waals surface area (Å²) < 4.78 is 4.41. The van der Waals surface area contributed by atoms with E-state index in [1.807, 2.05) is 6.07 Å². The summed E-state index contributed by atoms with van der Waals surface area (Å²) in [6, 6.07) is 1.97. The van der Waals surface area contributed by atoms with E-state index in [1.54, 1.807) is 0 Å². The minimum Gasteiger partial charge on any atom is -0.481 e. The van der Waals surface area contributed by atoms with Crippen molar-refractivity contribution in [1.29, 1.82) is 5.26 Å². The molecule has 0 spiro atoms. The Labute approximate surface area is 82.3 Å². The van der Waals surface area contributed by atoms with Crippen LogP contribution in [0.5, 0.6) is 0 Å². The first kappa shape index (κ1) is 12.4. The van der Waals surface area contributed by atoms with Gasteiger partial charge < -0.3 is 9.84 Å². The van der Waals surface area contributed by atoms with Crippen LogP contribution in [0.2, 0.25) is 0 Å². The number of esters is 1. The van der Waals surface area contributed by atoms with Gasteiger partial charge in [-0.1, -0.05) is 0 Å². The largest absolute Gasteiger partial charge is 0.481 e. The number of carbonyl (C=O) groups excluding carboxylic acids is 1. The van der Waals surface area contributed by atoms with E-state index in [0.717, 1.165) is 0 Å². The number of hydrogen-bond donors (Lipinski definition) is 1. The topological polar surface area (TPSA) is 87.4 Å². The number of carboxylic acid groups (broad SMARTS) is 1. The third-order valence-corrected chi connectivity index (χ3v) is 1.81. The molecule has 0 aromatic carbocycles. The van der Waals surface area contributed by atoms with Gasteiger partial charge in [0.2, 0.25) is 0 Å². The van der Waals surface area contributed by atoms with Crippen molar-refractivity contribution in [2.75, 3.05) is 7.11 Å². The van der Waals surface area contributed by atoms with Gasteiger partial charge in [-0.05, 0) is 12.8 Å². The van der Waals surface area contributed by atoms with Crippen LogP contribution < -0.4 is 0 Å². The summed E-state index contributed by atoms with van der Waals surface area (Å²) in [5, 5.41) is 17.0. The fraction of sp³-hybridized carbons (Fsp3) is 0.667. The molecule has 14 heavy (non-hydrogen) atoms. The number of ether oxygens (including phenoxy) is 1. The van der Waals surface area contributed by atoms with Crippen molar-refractivity contribution >= 4 is 11.9 Å². The Balaban J connectivity index is 3.75. The molecule has 1 atom stereocenters. The molecule has 0 saturated carbocycles. The molecular formula is C9H13NO4. The maximum atomic E-state index is 10.7. The highest BCUT2D eigenvalue weighted by molar-refractivity contribution is 5.69. The summed E-state index contributed by atoms with van der Waals surface area (Å²) >= 11 is 0. The molecule has 5 heteroatoms. The van der Waals surface area contributed by atoms with Crippen LogP contribution >= 0.6 is 0 Å². The van der Waals surface area contributed by atoms with Crippen molar-refractivity contribution in [3.63, 3.8) is 0 Å². The molecule has 5 nitrogen and oxygen atoms in total. The molecule has 78 valence electrons. The molecule has 0 heterocycles. The van der Waals surface area contributed by atoms with E-state index in [4.69, 9.17) is 10.4 Å². The van der Waals surface area contributed by atoms with E-state index in [2.05, 4.69) is 4.74 Å². The molecule has 0 aliphatic carbocycles. The fourth-order valence-electron chi connectivity index (χ4n) is 0.965. The second-order valence-electron chi connectivity index (χ2n) is 2.87. The Bertz CT molecular complexity index is 244. The molecule has 0 aliphatic rings. The van der Waals surface area contributed by atoms with Gasteiger partial charge in [-0.3, -0.25) is 9.59 Å². The molecule has 0 fully saturated rings. The van der Waals surface area contributed by atoms with Gasteiger partial charge in [0.05, 0.1) is 13.2 Å². The predicted octanol–water partition coefficient (Wildman–Crippen LogP) is 0.944. The van der Waals surface area contributed by atoms with Crippen LogP contribution in [-0.4, -0.2) is 24.2 Å². The second-order valence-corrected chi connectivity index (χ2v) is 2.87. The first-order chi connectivity index (χ1) is 6.60. The zero-order valence-corrected chi connectivity index (χ0v) is 8.02. The quantitative estimate of drug-likeness (QED) is 0.643. The summed E-state index contributed by atoms with van der Waals surface area (Å²) in [6.45, 7) is 0. The zero-order chi connectivity index (χ0) is 11.0. The smallest absolute Gasteiger partial charge is 0.305 e. The number of methoxy groups -OCH3 is 1. The summed E-state index contributed by atoms with van der Waals surface area (Å²) in [5.74, 6) is -1.69. The highest BCUT2D eigenvalue weighted by atomic mass is 16.5. The van der Waals surface area contributed by atoms with E-state index in [0.29, 0.717) is 6.42 Å². The average Bonchev–Trinajstić information content (AvgIpc) is 2.17. The molecule has 0 bridgehead atoms. The van der Waals surface area contributed by atoms with Gasteiger partial charge in [-0.25, -0.2) is 0 Å². The predicted molar refractivity (Wildman–Crippen MR) is 47.2 cm³/mol. The lowest BCUT2D eigenvalue weighted by Gasteiger charge is -2.05. The maximum absolute atomic E-state index is 10.7. The standard InChI is InChI=1S/C9H13NO4/c1-14-9(13)5-3-7(6-10)2-4-8(11)12/h7H,2-5H2,1H3,(H,11,12). The third-order valence-electron chi connectivity index (χ3n) is 1.81. The maximum Gasteiger partial charge on any atom is 0.305 e. The molecule has 0 amide bonds. The first-order valence-corrected chi connectivity index (χ1v) is 4.28. The van der Waals surface area contributed by atoms with Crippen molar-refractivity contribution < 1.29 is 19.4 Å². The highest BCUT2D eigenvalue weighted by Gasteiger charge is 2.12. The van der Waals surface area contributed by atoms with Gasteiger partial charge >= 0.3 is 11.9 Å². The van der Waals surface area contributed by atoms with Crippen molar-refractivity contribution in [3.05, 3.63) is 0 Å². The monoisotopic (exact) mass is 199 g/mol. The van der Waals surface area contributed by atoms with Gasteiger partial charge in [0.1, 0.15) is 0 Å². The zero-order valence-electron chi connectivity index (χ0n) is 8.02. The van der Waals surface area contributed by atoms with Crippen LogP contribution in [0.4, 0.5) is 0 Å². The van der Waals surface area contributed by atoms with Crippen molar-refractivity contribution in [2.24, 2.45) is 5.92 Å². The van der Waals surface area contributed by atoms with Crippen LogP contribution in [0.3, 0.4) is 0 Å². The van der Waals surface area contributed by atoms with Gasteiger partial charge in [0.15, 0.2) is 0 Å². The summed E-state index contributed by atoms with van der Waals surface area (Å²) in [5.41, 5.74) is 0. The average molecular weight is 199 g/mol. The molecule has 0 aliphatic heterocycles. The lowest BCUT2D eigenvalue weighted by Crippen LogP contribution is -2.07. The third kappa shape index (κ3) is 6.00. The Morgan fingerprint density at radius 1 is 1.43 bits per heavy atom. The number of rotatable bonds is 6. The van der Waals surface area contributed by atoms with Crippen molar-refractivity contribution in [2.45, 2.75) is 25.7 Å². The minimum atomic E-state index is -0.927. The molecule has 0 rings (SSSR count). The molecule has 0 saturated heterocycles. The van der Waals surface area contributed by atoms with E-state index in [9.17, 15) is 9.59 Å². The molecule has 1 N–H and O–H groups in total. The first-order valence-electron chi connectivity index (χ1n) is 4.28. The van der Waals surface area contributed by atoms with E-state index in [1.165, 1.54) is 7.11 Å². The molecule has 0 aromatic heterocycles. The van der Waals surface area contributed by atoms with Crippen LogP contribution in [0.15, 0.2) is 0 Å². The number of carboxylic acids is 1. The van der Waals surface area contributed by atoms with E-state index >= 15 is 0 Å². The Morgan fingerprint density at radius 2 is 2.00 bits per heavy atom. The number of nitriles is 1. The number of nitrogens with zero attached hydrogens (tertiary/aromatic N) is 1. The van der Waals surface area contributed by atoms with Crippen LogP contribution in [0, 0.1) is 17.2 Å². The van der Waals surface area contributed by atoms with Gasteiger partial charge in [0, 0.05) is 18.8 Å². The van der Waals surface area contributed by atoms with Crippen LogP contribution in [0.25, 0.3) is 0 Å². The lowest BCUT2D eigenvalue weighted by atomic mass is 9.99. The summed E-state index contributed by atoms with van der Waals surface area (Å²) in [7, 11) is 1.28. The summed E-state index contributed by atoms with van der Waals surface area (Å²) in [4.78, 5) is 20.9. The SMILES string of the molecule is COC(=O)CCC(C#N)CCC(=O)O. The normalized spacial score (nSPS) is 11.4. The lowest BCUT2D eigenvalue weighted by molar-refractivity contribution is -0.140. The van der Waals surface area contributed by atoms with Crippen LogP contribution in [-0.2, 0) is 14.3 Å². The van der Waals surface area contributed by atoms with Crippen LogP contribution in [0.1, 0.15) is 25.7 Å².